The molecule has 1 aromatic carbocycles. The first kappa shape index (κ1) is 14.1. The average Bonchev–Trinajstić information content (AvgIpc) is 2.24. The zero-order valence-corrected chi connectivity index (χ0v) is 11.2. The zero-order chi connectivity index (χ0) is 12.8. The Balaban J connectivity index is 2.50. The molecule has 0 aromatic heterocycles. The van der Waals surface area contributed by atoms with Gasteiger partial charge in [0, 0.05) is 28.3 Å². The highest BCUT2D eigenvalue weighted by Gasteiger charge is 2.05. The third-order valence-electron chi connectivity index (χ3n) is 2.18. The summed E-state index contributed by atoms with van der Waals surface area (Å²) in [6.45, 7) is 2.51. The van der Waals surface area contributed by atoms with E-state index in [1.165, 1.54) is 0 Å². The summed E-state index contributed by atoms with van der Waals surface area (Å²) in [5.74, 6) is 0. The molecule has 0 saturated heterocycles. The monoisotopic (exact) mass is 275 g/mol. The summed E-state index contributed by atoms with van der Waals surface area (Å²) in [6, 6.07) is 4.80. The number of hydrogen-bond acceptors (Lipinski definition) is 2. The summed E-state index contributed by atoms with van der Waals surface area (Å²) in [5, 5.41) is 9.36. The third kappa shape index (κ3) is 5.26. The zero-order valence-electron chi connectivity index (χ0n) is 9.68. The van der Waals surface area contributed by atoms with E-state index in [4.69, 9.17) is 23.2 Å². The van der Waals surface area contributed by atoms with Gasteiger partial charge >= 0.3 is 6.03 Å². The normalized spacial score (nSPS) is 12.0. The largest absolute Gasteiger partial charge is 0.336 e. The molecule has 0 aliphatic carbocycles. The number of likely N-dealkylation sites (N-methyl/N-ethyl adjacent to an activating group) is 1. The summed E-state index contributed by atoms with van der Waals surface area (Å²) in [6.07, 6.45) is 0. The van der Waals surface area contributed by atoms with Crippen molar-refractivity contribution >= 4 is 34.9 Å². The number of rotatable bonds is 4. The topological polar surface area (TPSA) is 53.2 Å². The van der Waals surface area contributed by atoms with E-state index in [9.17, 15) is 4.79 Å². The van der Waals surface area contributed by atoms with Gasteiger partial charge in [0.25, 0.3) is 0 Å². The molecule has 0 radical (unpaired) electrons. The van der Waals surface area contributed by atoms with Gasteiger partial charge < -0.3 is 16.0 Å². The van der Waals surface area contributed by atoms with Crippen molar-refractivity contribution in [3.63, 3.8) is 0 Å². The van der Waals surface area contributed by atoms with Gasteiger partial charge in [0.05, 0.1) is 0 Å². The van der Waals surface area contributed by atoms with Crippen LogP contribution in [0.4, 0.5) is 10.5 Å². The lowest BCUT2D eigenvalue weighted by molar-refractivity contribution is 0.251. The Kier molecular flexibility index (Phi) is 5.55. The van der Waals surface area contributed by atoms with E-state index in [1.54, 1.807) is 18.2 Å². The molecule has 0 heterocycles. The number of halogens is 2. The van der Waals surface area contributed by atoms with E-state index in [2.05, 4.69) is 16.0 Å². The number of nitrogens with one attached hydrogen (secondary N) is 3. The number of anilines is 1. The van der Waals surface area contributed by atoms with Crippen LogP contribution in [0.25, 0.3) is 0 Å². The Bertz CT molecular complexity index is 378. The van der Waals surface area contributed by atoms with E-state index in [-0.39, 0.29) is 12.1 Å². The molecule has 4 nitrogen and oxygen atoms in total. The van der Waals surface area contributed by atoms with Gasteiger partial charge in [0.2, 0.25) is 0 Å². The summed E-state index contributed by atoms with van der Waals surface area (Å²) < 4.78 is 0. The Labute approximate surface area is 111 Å². The molecular formula is C11H15Cl2N3O. The predicted molar refractivity (Wildman–Crippen MR) is 72.0 cm³/mol. The molecule has 17 heavy (non-hydrogen) atoms. The summed E-state index contributed by atoms with van der Waals surface area (Å²) in [7, 11) is 1.83. The van der Waals surface area contributed by atoms with Crippen LogP contribution in [0.3, 0.4) is 0 Å². The standard InChI is InChI=1S/C11H15Cl2N3O/c1-7(14-2)6-15-11(17)16-10-4-8(12)3-9(13)5-10/h3-5,7,14H,6H2,1-2H3,(H2,15,16,17). The van der Waals surface area contributed by atoms with Gasteiger partial charge in [-0.25, -0.2) is 4.79 Å². The van der Waals surface area contributed by atoms with Crippen molar-refractivity contribution in [1.29, 1.82) is 0 Å². The maximum absolute atomic E-state index is 11.5. The van der Waals surface area contributed by atoms with Crippen LogP contribution in [0.15, 0.2) is 18.2 Å². The predicted octanol–water partition coefficient (Wildman–Crippen LogP) is 2.72. The van der Waals surface area contributed by atoms with Crippen molar-refractivity contribution in [3.8, 4) is 0 Å². The minimum atomic E-state index is -0.287. The molecular weight excluding hydrogens is 261 g/mol. The van der Waals surface area contributed by atoms with E-state index in [0.717, 1.165) is 0 Å². The number of carbonyl (C=O) groups is 1. The molecule has 2 amide bonds. The second kappa shape index (κ2) is 6.69. The lowest BCUT2D eigenvalue weighted by Crippen LogP contribution is -2.39. The van der Waals surface area contributed by atoms with Crippen LogP contribution >= 0.6 is 23.2 Å². The van der Waals surface area contributed by atoms with Crippen LogP contribution in [-0.4, -0.2) is 25.7 Å². The van der Waals surface area contributed by atoms with Crippen LogP contribution in [0.2, 0.25) is 10.0 Å². The van der Waals surface area contributed by atoms with E-state index < -0.39 is 0 Å². The summed E-state index contributed by atoms with van der Waals surface area (Å²) in [4.78, 5) is 11.5. The van der Waals surface area contributed by atoms with Crippen molar-refractivity contribution in [2.45, 2.75) is 13.0 Å². The fourth-order valence-electron chi connectivity index (χ4n) is 1.15. The minimum absolute atomic E-state index is 0.212. The van der Waals surface area contributed by atoms with E-state index in [1.807, 2.05) is 14.0 Å². The summed E-state index contributed by atoms with van der Waals surface area (Å²) >= 11 is 11.6. The minimum Gasteiger partial charge on any atom is -0.336 e. The van der Waals surface area contributed by atoms with Crippen molar-refractivity contribution < 1.29 is 4.79 Å². The van der Waals surface area contributed by atoms with Gasteiger partial charge in [0.1, 0.15) is 0 Å². The molecule has 1 atom stereocenters. The number of amides is 2. The number of carbonyl (C=O) groups excluding carboxylic acids is 1. The molecule has 6 heteroatoms. The van der Waals surface area contributed by atoms with Crippen molar-refractivity contribution in [3.05, 3.63) is 28.2 Å². The highest BCUT2D eigenvalue weighted by atomic mass is 35.5. The van der Waals surface area contributed by atoms with Crippen LogP contribution in [0.1, 0.15) is 6.92 Å². The maximum Gasteiger partial charge on any atom is 0.319 e. The SMILES string of the molecule is CNC(C)CNC(=O)Nc1cc(Cl)cc(Cl)c1. The quantitative estimate of drug-likeness (QED) is 0.792. The molecule has 0 bridgehead atoms. The van der Waals surface area contributed by atoms with Gasteiger partial charge in [-0.3, -0.25) is 0 Å². The molecule has 0 aliphatic heterocycles. The molecule has 0 spiro atoms. The molecule has 1 aromatic rings. The van der Waals surface area contributed by atoms with Crippen molar-refractivity contribution in [2.75, 3.05) is 18.9 Å². The average molecular weight is 276 g/mol. The lowest BCUT2D eigenvalue weighted by atomic mass is 10.3. The second-order valence-electron chi connectivity index (χ2n) is 3.68. The van der Waals surface area contributed by atoms with Crippen LogP contribution in [0.5, 0.6) is 0 Å². The first-order valence-electron chi connectivity index (χ1n) is 5.19. The van der Waals surface area contributed by atoms with Crippen LogP contribution < -0.4 is 16.0 Å². The number of urea groups is 1. The Hall–Kier alpha value is -0.970. The van der Waals surface area contributed by atoms with Crippen LogP contribution in [0, 0.1) is 0 Å². The van der Waals surface area contributed by atoms with E-state index >= 15 is 0 Å². The maximum atomic E-state index is 11.5. The Morgan fingerprint density at radius 3 is 2.41 bits per heavy atom. The molecule has 0 saturated carbocycles. The second-order valence-corrected chi connectivity index (χ2v) is 4.56. The highest BCUT2D eigenvalue weighted by Crippen LogP contribution is 2.22. The van der Waals surface area contributed by atoms with Gasteiger partial charge in [0.15, 0.2) is 0 Å². The number of hydrogen-bond donors (Lipinski definition) is 3. The molecule has 94 valence electrons. The Morgan fingerprint density at radius 1 is 1.29 bits per heavy atom. The van der Waals surface area contributed by atoms with Gasteiger partial charge in [-0.15, -0.1) is 0 Å². The van der Waals surface area contributed by atoms with E-state index in [0.29, 0.717) is 22.3 Å². The first-order chi connectivity index (χ1) is 8.01. The molecule has 0 aliphatic rings. The first-order valence-corrected chi connectivity index (χ1v) is 5.95. The summed E-state index contributed by atoms with van der Waals surface area (Å²) in [5.41, 5.74) is 0.567. The van der Waals surface area contributed by atoms with Gasteiger partial charge in [-0.1, -0.05) is 23.2 Å². The fraction of sp³-hybridized carbons (Fsp3) is 0.364. The molecule has 3 N–H and O–H groups in total. The van der Waals surface area contributed by atoms with Crippen LogP contribution in [-0.2, 0) is 0 Å². The Morgan fingerprint density at radius 2 is 1.88 bits per heavy atom. The van der Waals surface area contributed by atoms with Gasteiger partial charge in [-0.2, -0.15) is 0 Å². The van der Waals surface area contributed by atoms with Gasteiger partial charge in [-0.05, 0) is 32.2 Å². The van der Waals surface area contributed by atoms with Crippen molar-refractivity contribution in [2.24, 2.45) is 0 Å². The smallest absolute Gasteiger partial charge is 0.319 e. The number of benzene rings is 1. The lowest BCUT2D eigenvalue weighted by Gasteiger charge is -2.12. The fourth-order valence-corrected chi connectivity index (χ4v) is 1.68. The molecule has 0 fully saturated rings. The van der Waals surface area contributed by atoms with Crippen molar-refractivity contribution in [1.82, 2.24) is 10.6 Å². The highest BCUT2D eigenvalue weighted by molar-refractivity contribution is 6.35. The molecule has 1 unspecified atom stereocenters. The third-order valence-corrected chi connectivity index (χ3v) is 2.62. The molecule has 1 rings (SSSR count).